The van der Waals surface area contributed by atoms with Gasteiger partial charge in [0.2, 0.25) is 5.91 Å². The molecular weight excluding hydrogens is 495 g/mol. The maximum atomic E-state index is 13.6. The molecule has 0 aliphatic carbocycles. The van der Waals surface area contributed by atoms with E-state index in [2.05, 4.69) is 20.5 Å². The van der Waals surface area contributed by atoms with Gasteiger partial charge >= 0.3 is 6.18 Å². The molecule has 4 aromatic heterocycles. The molecule has 0 aliphatic heterocycles. The number of amides is 2. The van der Waals surface area contributed by atoms with Gasteiger partial charge < -0.3 is 11.1 Å². The van der Waals surface area contributed by atoms with E-state index in [1.54, 1.807) is 11.6 Å². The Morgan fingerprint density at radius 3 is 2.53 bits per heavy atom. The second kappa shape index (κ2) is 8.72. The summed E-state index contributed by atoms with van der Waals surface area (Å²) in [6.45, 7) is 3.80. The Balaban J connectivity index is 1.93. The normalized spacial score (nSPS) is 11.8. The first-order valence-electron chi connectivity index (χ1n) is 9.84. The van der Waals surface area contributed by atoms with E-state index in [0.29, 0.717) is 34.2 Å². The molecule has 4 rings (SSSR count). The summed E-state index contributed by atoms with van der Waals surface area (Å²) in [6, 6.07) is 0.882. The quantitative estimate of drug-likeness (QED) is 0.404. The predicted molar refractivity (Wildman–Crippen MR) is 121 cm³/mol. The number of halogens is 4. The summed E-state index contributed by atoms with van der Waals surface area (Å²) in [7, 11) is 0. The van der Waals surface area contributed by atoms with Crippen molar-refractivity contribution >= 4 is 50.7 Å². The van der Waals surface area contributed by atoms with E-state index >= 15 is 0 Å². The summed E-state index contributed by atoms with van der Waals surface area (Å²) < 4.78 is 43.8. The molecule has 14 heteroatoms. The zero-order chi connectivity index (χ0) is 24.8. The van der Waals surface area contributed by atoms with E-state index in [1.807, 2.05) is 6.92 Å². The molecule has 4 aromatic rings. The lowest BCUT2D eigenvalue weighted by atomic mass is 10.0. The Hall–Kier alpha value is -3.45. The van der Waals surface area contributed by atoms with Crippen molar-refractivity contribution in [2.24, 2.45) is 5.73 Å². The van der Waals surface area contributed by atoms with Gasteiger partial charge in [-0.1, -0.05) is 11.6 Å². The lowest BCUT2D eigenvalue weighted by Crippen LogP contribution is -2.21. The standard InChI is InChI=1S/C20H17ClF3N7O2S/c1-3-31-9(2)12(6-27-31)11-4-13(20(22,23)24)28-19-15(11)16(17(34-19)18(25)33)29-14(32)8-30-7-10(21)5-26-30/h4-7H,3,8H2,1-2H3,(H2,25,33)(H,29,32). The molecular formula is C20H17ClF3N7O2S. The Labute approximate surface area is 199 Å². The smallest absolute Gasteiger partial charge is 0.365 e. The summed E-state index contributed by atoms with van der Waals surface area (Å²) in [6.07, 6.45) is -0.532. The van der Waals surface area contributed by atoms with Crippen molar-refractivity contribution in [3.8, 4) is 11.1 Å². The molecule has 178 valence electrons. The van der Waals surface area contributed by atoms with Crippen molar-refractivity contribution in [1.29, 1.82) is 0 Å². The number of carbonyl (C=O) groups excluding carboxylic acids is 2. The van der Waals surface area contributed by atoms with Gasteiger partial charge in [-0.05, 0) is 25.5 Å². The van der Waals surface area contributed by atoms with Crippen LogP contribution < -0.4 is 11.1 Å². The van der Waals surface area contributed by atoms with Crippen molar-refractivity contribution in [3.63, 3.8) is 0 Å². The summed E-state index contributed by atoms with van der Waals surface area (Å²) >= 11 is 6.49. The number of aromatic nitrogens is 5. The minimum Gasteiger partial charge on any atom is -0.365 e. The van der Waals surface area contributed by atoms with Gasteiger partial charge in [-0.3, -0.25) is 19.0 Å². The van der Waals surface area contributed by atoms with Crippen LogP contribution in [-0.4, -0.2) is 36.4 Å². The summed E-state index contributed by atoms with van der Waals surface area (Å²) in [5.41, 5.74) is 5.48. The number of aryl methyl sites for hydroxylation is 1. The van der Waals surface area contributed by atoms with Crippen molar-refractivity contribution in [1.82, 2.24) is 24.5 Å². The van der Waals surface area contributed by atoms with E-state index in [1.165, 1.54) is 23.3 Å². The fourth-order valence-electron chi connectivity index (χ4n) is 3.53. The van der Waals surface area contributed by atoms with Gasteiger partial charge in [0.1, 0.15) is 21.9 Å². The van der Waals surface area contributed by atoms with Crippen LogP contribution >= 0.6 is 22.9 Å². The van der Waals surface area contributed by atoms with Crippen LogP contribution in [0.4, 0.5) is 18.9 Å². The molecule has 34 heavy (non-hydrogen) atoms. The maximum absolute atomic E-state index is 13.6. The SMILES string of the molecule is CCn1ncc(-c2cc(C(F)(F)F)nc3sc(C(N)=O)c(NC(=O)Cn4cc(Cl)cn4)c23)c1C. The number of hydrogen-bond acceptors (Lipinski definition) is 6. The first-order valence-corrected chi connectivity index (χ1v) is 11.0. The number of carbonyl (C=O) groups is 2. The molecule has 0 atom stereocenters. The zero-order valence-corrected chi connectivity index (χ0v) is 19.3. The second-order valence-electron chi connectivity index (χ2n) is 7.27. The van der Waals surface area contributed by atoms with Crippen molar-refractivity contribution < 1.29 is 22.8 Å². The number of nitrogens with two attached hydrogens (primary N) is 1. The highest BCUT2D eigenvalue weighted by Gasteiger charge is 2.35. The van der Waals surface area contributed by atoms with Crippen LogP contribution in [0.25, 0.3) is 21.3 Å². The number of anilines is 1. The molecule has 0 spiro atoms. The number of primary amides is 1. The van der Waals surface area contributed by atoms with Crippen LogP contribution in [-0.2, 0) is 24.1 Å². The first-order chi connectivity index (χ1) is 16.0. The summed E-state index contributed by atoms with van der Waals surface area (Å²) in [5.74, 6) is -1.50. The fourth-order valence-corrected chi connectivity index (χ4v) is 4.69. The third kappa shape index (κ3) is 4.35. The van der Waals surface area contributed by atoms with E-state index in [0.717, 1.165) is 6.07 Å². The molecule has 0 unspecified atom stereocenters. The van der Waals surface area contributed by atoms with Gasteiger partial charge in [0.05, 0.1) is 23.1 Å². The van der Waals surface area contributed by atoms with Crippen LogP contribution in [0.2, 0.25) is 5.02 Å². The average molecular weight is 512 g/mol. The second-order valence-corrected chi connectivity index (χ2v) is 8.70. The average Bonchev–Trinajstić information content (AvgIpc) is 3.43. The van der Waals surface area contributed by atoms with Gasteiger partial charge in [0.15, 0.2) is 0 Å². The monoisotopic (exact) mass is 511 g/mol. The molecule has 2 amide bonds. The van der Waals surface area contributed by atoms with E-state index < -0.39 is 23.7 Å². The molecule has 4 heterocycles. The van der Waals surface area contributed by atoms with Gasteiger partial charge in [0, 0.05) is 29.4 Å². The molecule has 0 aromatic carbocycles. The van der Waals surface area contributed by atoms with E-state index in [-0.39, 0.29) is 32.9 Å². The molecule has 0 radical (unpaired) electrons. The van der Waals surface area contributed by atoms with Crippen LogP contribution in [0.1, 0.15) is 28.0 Å². The number of thiophene rings is 1. The molecule has 0 bridgehead atoms. The molecule has 9 nitrogen and oxygen atoms in total. The van der Waals surface area contributed by atoms with E-state index in [9.17, 15) is 22.8 Å². The molecule has 0 saturated carbocycles. The highest BCUT2D eigenvalue weighted by atomic mass is 35.5. The Morgan fingerprint density at radius 2 is 1.97 bits per heavy atom. The van der Waals surface area contributed by atoms with E-state index in [4.69, 9.17) is 17.3 Å². The maximum Gasteiger partial charge on any atom is 0.433 e. The highest BCUT2D eigenvalue weighted by molar-refractivity contribution is 7.21. The number of hydrogen-bond donors (Lipinski definition) is 2. The lowest BCUT2D eigenvalue weighted by molar-refractivity contribution is -0.140. The van der Waals surface area contributed by atoms with Crippen LogP contribution in [0, 0.1) is 6.92 Å². The minimum atomic E-state index is -4.74. The number of nitrogens with zero attached hydrogens (tertiary/aromatic N) is 5. The molecule has 3 N–H and O–H groups in total. The summed E-state index contributed by atoms with van der Waals surface area (Å²) in [5, 5.41) is 11.2. The number of fused-ring (bicyclic) bond motifs is 1. The molecule has 0 fully saturated rings. The number of rotatable bonds is 6. The number of alkyl halides is 3. The topological polar surface area (TPSA) is 121 Å². The largest absolute Gasteiger partial charge is 0.433 e. The molecule has 0 saturated heterocycles. The van der Waals surface area contributed by atoms with Gasteiger partial charge in [-0.15, -0.1) is 11.3 Å². The summed E-state index contributed by atoms with van der Waals surface area (Å²) in [4.78, 5) is 28.4. The Morgan fingerprint density at radius 1 is 1.24 bits per heavy atom. The fraction of sp³-hybridized carbons (Fsp3) is 0.250. The van der Waals surface area contributed by atoms with Crippen LogP contribution in [0.3, 0.4) is 0 Å². The van der Waals surface area contributed by atoms with Gasteiger partial charge in [0.25, 0.3) is 5.91 Å². The van der Waals surface area contributed by atoms with Crippen LogP contribution in [0.5, 0.6) is 0 Å². The number of nitrogens with one attached hydrogen (secondary N) is 1. The van der Waals surface area contributed by atoms with Crippen molar-refractivity contribution in [2.45, 2.75) is 33.1 Å². The van der Waals surface area contributed by atoms with Gasteiger partial charge in [-0.2, -0.15) is 23.4 Å². The van der Waals surface area contributed by atoms with Crippen molar-refractivity contribution in [3.05, 3.63) is 45.9 Å². The molecule has 0 aliphatic rings. The third-order valence-electron chi connectivity index (χ3n) is 5.04. The highest BCUT2D eigenvalue weighted by Crippen LogP contribution is 2.44. The minimum absolute atomic E-state index is 0.0179. The van der Waals surface area contributed by atoms with Crippen molar-refractivity contribution in [2.75, 3.05) is 5.32 Å². The third-order valence-corrected chi connectivity index (χ3v) is 6.33. The Kier molecular flexibility index (Phi) is 6.08. The first kappa shape index (κ1) is 23.7. The number of pyridine rings is 1. The van der Waals surface area contributed by atoms with Gasteiger partial charge in [-0.25, -0.2) is 4.98 Å². The Bertz CT molecular complexity index is 1420. The predicted octanol–water partition coefficient (Wildman–Crippen LogP) is 4.09. The zero-order valence-electron chi connectivity index (χ0n) is 17.8. The van der Waals surface area contributed by atoms with Crippen LogP contribution in [0.15, 0.2) is 24.7 Å². The lowest BCUT2D eigenvalue weighted by Gasteiger charge is -2.12.